The van der Waals surface area contributed by atoms with E-state index < -0.39 is 17.4 Å². The van der Waals surface area contributed by atoms with Crippen molar-refractivity contribution in [2.45, 2.75) is 25.0 Å². The van der Waals surface area contributed by atoms with Crippen LogP contribution in [0.5, 0.6) is 5.75 Å². The standard InChI is InChI=1S/C22H21N3O4/c1-12-17-18(22(24-12)15-5-3-4-6-16(15)23-21(22)28)20(27)25(19(17)26)11-13-7-9-14(29-2)10-8-13/h3-10,12,17-18,24H,11H2,1-2H3,(H,23,28)/t12-,17+,18+,22-/m1/s1. The van der Waals surface area contributed by atoms with Crippen LogP contribution in [0.25, 0.3) is 0 Å². The Morgan fingerprint density at radius 1 is 1.03 bits per heavy atom. The Hall–Kier alpha value is -3.19. The molecule has 2 aromatic rings. The van der Waals surface area contributed by atoms with Gasteiger partial charge < -0.3 is 10.1 Å². The number of amides is 3. The summed E-state index contributed by atoms with van der Waals surface area (Å²) in [5.74, 6) is -1.43. The monoisotopic (exact) mass is 391 g/mol. The zero-order valence-electron chi connectivity index (χ0n) is 16.1. The van der Waals surface area contributed by atoms with Gasteiger partial charge in [0.25, 0.3) is 0 Å². The van der Waals surface area contributed by atoms with E-state index >= 15 is 0 Å². The zero-order valence-corrected chi connectivity index (χ0v) is 16.1. The van der Waals surface area contributed by atoms with Crippen LogP contribution in [-0.4, -0.2) is 35.8 Å². The van der Waals surface area contributed by atoms with E-state index in [2.05, 4.69) is 10.6 Å². The molecule has 3 aliphatic rings. The summed E-state index contributed by atoms with van der Waals surface area (Å²) in [5.41, 5.74) is 1.05. The van der Waals surface area contributed by atoms with Crippen molar-refractivity contribution >= 4 is 23.4 Å². The van der Waals surface area contributed by atoms with Gasteiger partial charge in [-0.15, -0.1) is 0 Å². The zero-order chi connectivity index (χ0) is 20.3. The Bertz CT molecular complexity index is 1030. The van der Waals surface area contributed by atoms with Crippen LogP contribution in [0.3, 0.4) is 0 Å². The maximum absolute atomic E-state index is 13.4. The number of ether oxygens (including phenoxy) is 1. The molecule has 2 saturated heterocycles. The van der Waals surface area contributed by atoms with E-state index in [0.29, 0.717) is 11.4 Å². The van der Waals surface area contributed by atoms with Crippen molar-refractivity contribution < 1.29 is 19.1 Å². The molecular weight excluding hydrogens is 370 g/mol. The van der Waals surface area contributed by atoms with Crippen LogP contribution >= 0.6 is 0 Å². The van der Waals surface area contributed by atoms with Crippen LogP contribution in [0.4, 0.5) is 5.69 Å². The average molecular weight is 391 g/mol. The molecule has 4 atom stereocenters. The van der Waals surface area contributed by atoms with Crippen LogP contribution in [-0.2, 0) is 26.5 Å². The fourth-order valence-electron chi connectivity index (χ4n) is 5.05. The van der Waals surface area contributed by atoms with Crippen molar-refractivity contribution in [3.63, 3.8) is 0 Å². The van der Waals surface area contributed by atoms with Gasteiger partial charge in [0.05, 0.1) is 25.5 Å². The number of carbonyl (C=O) groups excluding carboxylic acids is 3. The Labute approximate surface area is 168 Å². The van der Waals surface area contributed by atoms with Gasteiger partial charge in [-0.05, 0) is 30.7 Å². The highest BCUT2D eigenvalue weighted by molar-refractivity contribution is 6.15. The molecular formula is C22H21N3O4. The minimum absolute atomic E-state index is 0.181. The van der Waals surface area contributed by atoms with Gasteiger partial charge in [0.15, 0.2) is 0 Å². The molecule has 2 fully saturated rings. The summed E-state index contributed by atoms with van der Waals surface area (Å²) in [6.07, 6.45) is 0. The topological polar surface area (TPSA) is 87.7 Å². The van der Waals surface area contributed by atoms with Gasteiger partial charge >= 0.3 is 0 Å². The lowest BCUT2D eigenvalue weighted by atomic mass is 9.76. The molecule has 2 aromatic carbocycles. The number of para-hydroxylation sites is 1. The second-order valence-corrected chi connectivity index (χ2v) is 7.85. The summed E-state index contributed by atoms with van der Waals surface area (Å²) in [4.78, 5) is 41.0. The molecule has 3 aliphatic heterocycles. The van der Waals surface area contributed by atoms with E-state index in [1.165, 1.54) is 4.90 Å². The van der Waals surface area contributed by atoms with Crippen molar-refractivity contribution in [2.75, 3.05) is 12.4 Å². The molecule has 1 spiro atoms. The first kappa shape index (κ1) is 17.9. The summed E-state index contributed by atoms with van der Waals surface area (Å²) in [6, 6.07) is 14.3. The maximum Gasteiger partial charge on any atom is 0.250 e. The van der Waals surface area contributed by atoms with Gasteiger partial charge in [0.1, 0.15) is 11.3 Å². The molecule has 29 heavy (non-hydrogen) atoms. The van der Waals surface area contributed by atoms with E-state index in [1.807, 2.05) is 43.3 Å². The molecule has 0 radical (unpaired) electrons. The van der Waals surface area contributed by atoms with Gasteiger partial charge in [-0.2, -0.15) is 0 Å². The first-order valence-electron chi connectivity index (χ1n) is 9.64. The molecule has 0 bridgehead atoms. The number of hydrogen-bond acceptors (Lipinski definition) is 5. The predicted molar refractivity (Wildman–Crippen MR) is 105 cm³/mol. The third-order valence-electron chi connectivity index (χ3n) is 6.36. The molecule has 2 N–H and O–H groups in total. The Balaban J connectivity index is 1.53. The van der Waals surface area contributed by atoms with Gasteiger partial charge in [-0.3, -0.25) is 24.6 Å². The average Bonchev–Trinajstić information content (AvgIpc) is 3.28. The Kier molecular flexibility index (Phi) is 3.79. The number of imide groups is 1. The van der Waals surface area contributed by atoms with Crippen molar-refractivity contribution in [2.24, 2.45) is 11.8 Å². The van der Waals surface area contributed by atoms with Crippen LogP contribution in [0.2, 0.25) is 0 Å². The van der Waals surface area contributed by atoms with Gasteiger partial charge in [-0.1, -0.05) is 30.3 Å². The molecule has 148 valence electrons. The molecule has 5 rings (SSSR count). The molecule has 0 aliphatic carbocycles. The number of anilines is 1. The van der Waals surface area contributed by atoms with Crippen molar-refractivity contribution in [3.8, 4) is 5.75 Å². The highest BCUT2D eigenvalue weighted by Crippen LogP contribution is 2.52. The number of benzene rings is 2. The normalized spacial score (nSPS) is 29.9. The molecule has 0 aromatic heterocycles. The molecule has 7 heteroatoms. The summed E-state index contributed by atoms with van der Waals surface area (Å²) >= 11 is 0. The minimum atomic E-state index is -1.21. The van der Waals surface area contributed by atoms with Crippen molar-refractivity contribution in [3.05, 3.63) is 59.7 Å². The highest BCUT2D eigenvalue weighted by atomic mass is 16.5. The van der Waals surface area contributed by atoms with Crippen LogP contribution in [0, 0.1) is 11.8 Å². The SMILES string of the molecule is COc1ccc(CN2C(=O)[C@@H]3[C@@H](C2=O)[C@@]2(N[C@@H]3C)C(=O)Nc3ccccc32)cc1. The Morgan fingerprint density at radius 3 is 2.48 bits per heavy atom. The Morgan fingerprint density at radius 2 is 1.76 bits per heavy atom. The fraction of sp³-hybridized carbons (Fsp3) is 0.318. The van der Waals surface area contributed by atoms with E-state index in [-0.39, 0.29) is 30.3 Å². The molecule has 0 saturated carbocycles. The summed E-state index contributed by atoms with van der Waals surface area (Å²) in [5, 5.41) is 6.18. The number of rotatable bonds is 3. The number of methoxy groups -OCH3 is 1. The summed E-state index contributed by atoms with van der Waals surface area (Å²) in [7, 11) is 1.59. The van der Waals surface area contributed by atoms with Crippen molar-refractivity contribution in [1.29, 1.82) is 0 Å². The second-order valence-electron chi connectivity index (χ2n) is 7.85. The van der Waals surface area contributed by atoms with E-state index in [0.717, 1.165) is 11.1 Å². The smallest absolute Gasteiger partial charge is 0.250 e. The number of nitrogens with one attached hydrogen (secondary N) is 2. The fourth-order valence-corrected chi connectivity index (χ4v) is 5.05. The number of fused-ring (bicyclic) bond motifs is 4. The van der Waals surface area contributed by atoms with E-state index in [4.69, 9.17) is 4.74 Å². The lowest BCUT2D eigenvalue weighted by Crippen LogP contribution is -2.52. The largest absolute Gasteiger partial charge is 0.497 e. The maximum atomic E-state index is 13.4. The third kappa shape index (κ3) is 2.31. The summed E-state index contributed by atoms with van der Waals surface area (Å²) in [6.45, 7) is 2.05. The van der Waals surface area contributed by atoms with Gasteiger partial charge in [0, 0.05) is 17.3 Å². The molecule has 0 unspecified atom stereocenters. The van der Waals surface area contributed by atoms with E-state index in [1.54, 1.807) is 19.2 Å². The van der Waals surface area contributed by atoms with Gasteiger partial charge in [-0.25, -0.2) is 0 Å². The third-order valence-corrected chi connectivity index (χ3v) is 6.36. The quantitative estimate of drug-likeness (QED) is 0.777. The minimum Gasteiger partial charge on any atom is -0.497 e. The highest BCUT2D eigenvalue weighted by Gasteiger charge is 2.69. The molecule has 3 heterocycles. The van der Waals surface area contributed by atoms with E-state index in [9.17, 15) is 14.4 Å². The number of hydrogen-bond donors (Lipinski definition) is 2. The van der Waals surface area contributed by atoms with Crippen LogP contribution < -0.4 is 15.4 Å². The van der Waals surface area contributed by atoms with Crippen molar-refractivity contribution in [1.82, 2.24) is 10.2 Å². The van der Waals surface area contributed by atoms with Gasteiger partial charge in [0.2, 0.25) is 17.7 Å². The first-order chi connectivity index (χ1) is 14.0. The predicted octanol–water partition coefficient (Wildman–Crippen LogP) is 1.64. The second kappa shape index (κ2) is 6.15. The van der Waals surface area contributed by atoms with Crippen LogP contribution in [0.15, 0.2) is 48.5 Å². The number of carbonyl (C=O) groups is 3. The number of likely N-dealkylation sites (tertiary alicyclic amines) is 1. The lowest BCUT2D eigenvalue weighted by Gasteiger charge is -2.29. The first-order valence-corrected chi connectivity index (χ1v) is 9.64. The summed E-state index contributed by atoms with van der Waals surface area (Å²) < 4.78 is 5.16. The molecule has 3 amide bonds. The van der Waals surface area contributed by atoms with Crippen LogP contribution in [0.1, 0.15) is 18.1 Å². The lowest BCUT2D eigenvalue weighted by molar-refractivity contribution is -0.143. The number of nitrogens with zero attached hydrogens (tertiary/aromatic N) is 1. The molecule has 7 nitrogen and oxygen atoms in total.